The van der Waals surface area contributed by atoms with Crippen LogP contribution in [0.2, 0.25) is 0 Å². The molecule has 1 amide bonds. The predicted octanol–water partition coefficient (Wildman–Crippen LogP) is 1.65. The van der Waals surface area contributed by atoms with Crippen LogP contribution in [0.1, 0.15) is 0 Å². The number of hydrogen-bond acceptors (Lipinski definition) is 2. The van der Waals surface area contributed by atoms with Gasteiger partial charge in [0.1, 0.15) is 5.82 Å². The lowest BCUT2D eigenvalue weighted by molar-refractivity contribution is -0.122. The van der Waals surface area contributed by atoms with Crippen molar-refractivity contribution in [2.75, 3.05) is 13.2 Å². The van der Waals surface area contributed by atoms with E-state index in [0.717, 1.165) is 12.1 Å². The SMILES string of the molecule is C=CCNC(=O)COc1ccc(F)cc1F. The molecule has 0 aliphatic carbocycles. The van der Waals surface area contributed by atoms with Crippen molar-refractivity contribution in [3.05, 3.63) is 42.5 Å². The Balaban J connectivity index is 2.48. The largest absolute Gasteiger partial charge is 0.481 e. The fourth-order valence-electron chi connectivity index (χ4n) is 0.973. The molecule has 0 heterocycles. The molecule has 0 radical (unpaired) electrons. The van der Waals surface area contributed by atoms with Crippen LogP contribution in [0.15, 0.2) is 30.9 Å². The van der Waals surface area contributed by atoms with Crippen LogP contribution in [0.3, 0.4) is 0 Å². The van der Waals surface area contributed by atoms with E-state index in [4.69, 9.17) is 4.74 Å². The number of amides is 1. The van der Waals surface area contributed by atoms with Crippen molar-refractivity contribution in [1.82, 2.24) is 5.32 Å². The number of halogens is 2. The quantitative estimate of drug-likeness (QED) is 0.777. The summed E-state index contributed by atoms with van der Waals surface area (Å²) in [5.41, 5.74) is 0. The van der Waals surface area contributed by atoms with Gasteiger partial charge in [-0.2, -0.15) is 0 Å². The van der Waals surface area contributed by atoms with Gasteiger partial charge in [-0.3, -0.25) is 4.79 Å². The molecule has 0 saturated carbocycles. The van der Waals surface area contributed by atoms with Crippen LogP contribution in [0.4, 0.5) is 8.78 Å². The fraction of sp³-hybridized carbons (Fsp3) is 0.182. The van der Waals surface area contributed by atoms with Gasteiger partial charge in [-0.1, -0.05) is 6.08 Å². The van der Waals surface area contributed by atoms with Crippen LogP contribution in [-0.2, 0) is 4.79 Å². The molecule has 3 nitrogen and oxygen atoms in total. The Hall–Kier alpha value is -1.91. The van der Waals surface area contributed by atoms with E-state index in [1.54, 1.807) is 0 Å². The predicted molar refractivity (Wildman–Crippen MR) is 55.1 cm³/mol. The van der Waals surface area contributed by atoms with E-state index in [-0.39, 0.29) is 12.4 Å². The molecule has 0 aliphatic heterocycles. The number of ether oxygens (including phenoxy) is 1. The Labute approximate surface area is 91.7 Å². The molecule has 0 aliphatic rings. The second-order valence-electron chi connectivity index (χ2n) is 2.96. The molecule has 1 aromatic carbocycles. The van der Waals surface area contributed by atoms with Crippen LogP contribution in [0, 0.1) is 11.6 Å². The van der Waals surface area contributed by atoms with Gasteiger partial charge >= 0.3 is 0 Å². The topological polar surface area (TPSA) is 38.3 Å². The summed E-state index contributed by atoms with van der Waals surface area (Å²) in [7, 11) is 0. The lowest BCUT2D eigenvalue weighted by Crippen LogP contribution is -2.28. The summed E-state index contributed by atoms with van der Waals surface area (Å²) in [4.78, 5) is 11.1. The summed E-state index contributed by atoms with van der Waals surface area (Å²) in [6, 6.07) is 2.88. The zero-order chi connectivity index (χ0) is 12.0. The molecule has 1 rings (SSSR count). The van der Waals surface area contributed by atoms with E-state index in [0.29, 0.717) is 12.6 Å². The third-order valence-corrected chi connectivity index (χ3v) is 1.70. The van der Waals surface area contributed by atoms with Gasteiger partial charge in [-0.25, -0.2) is 8.78 Å². The van der Waals surface area contributed by atoms with Crippen molar-refractivity contribution in [3.8, 4) is 5.75 Å². The van der Waals surface area contributed by atoms with Crippen molar-refractivity contribution >= 4 is 5.91 Å². The Bertz CT molecular complexity index is 394. The maximum Gasteiger partial charge on any atom is 0.258 e. The fourth-order valence-corrected chi connectivity index (χ4v) is 0.973. The Morgan fingerprint density at radius 3 is 2.88 bits per heavy atom. The molecule has 5 heteroatoms. The molecule has 0 saturated heterocycles. The maximum absolute atomic E-state index is 13.0. The van der Waals surface area contributed by atoms with Gasteiger partial charge < -0.3 is 10.1 Å². The normalized spacial score (nSPS) is 9.62. The lowest BCUT2D eigenvalue weighted by Gasteiger charge is -2.06. The maximum atomic E-state index is 13.0. The van der Waals surface area contributed by atoms with Crippen molar-refractivity contribution in [1.29, 1.82) is 0 Å². The van der Waals surface area contributed by atoms with E-state index in [1.807, 2.05) is 0 Å². The zero-order valence-corrected chi connectivity index (χ0v) is 8.50. The standard InChI is InChI=1S/C11H11F2NO2/c1-2-5-14-11(15)7-16-10-4-3-8(12)6-9(10)13/h2-4,6H,1,5,7H2,(H,14,15). The van der Waals surface area contributed by atoms with Crippen molar-refractivity contribution in [2.45, 2.75) is 0 Å². The Morgan fingerprint density at radius 2 is 2.25 bits per heavy atom. The van der Waals surface area contributed by atoms with Crippen molar-refractivity contribution in [3.63, 3.8) is 0 Å². The first-order valence-electron chi connectivity index (χ1n) is 4.59. The van der Waals surface area contributed by atoms with Crippen LogP contribution >= 0.6 is 0 Å². The molecule has 1 aromatic rings. The van der Waals surface area contributed by atoms with E-state index in [9.17, 15) is 13.6 Å². The molecule has 0 aromatic heterocycles. The molecular weight excluding hydrogens is 216 g/mol. The number of carbonyl (C=O) groups is 1. The summed E-state index contributed by atoms with van der Waals surface area (Å²) in [6.45, 7) is 3.41. The first-order valence-corrected chi connectivity index (χ1v) is 4.59. The number of benzene rings is 1. The highest BCUT2D eigenvalue weighted by atomic mass is 19.1. The second kappa shape index (κ2) is 5.85. The van der Waals surface area contributed by atoms with Gasteiger partial charge in [-0.15, -0.1) is 6.58 Å². The van der Waals surface area contributed by atoms with Gasteiger partial charge in [0, 0.05) is 12.6 Å². The van der Waals surface area contributed by atoms with E-state index in [1.165, 1.54) is 6.08 Å². The summed E-state index contributed by atoms with van der Waals surface area (Å²) >= 11 is 0. The van der Waals surface area contributed by atoms with Crippen LogP contribution in [-0.4, -0.2) is 19.1 Å². The van der Waals surface area contributed by atoms with Gasteiger partial charge in [0.2, 0.25) is 0 Å². The minimum Gasteiger partial charge on any atom is -0.481 e. The number of rotatable bonds is 5. The van der Waals surface area contributed by atoms with Crippen molar-refractivity contribution in [2.24, 2.45) is 0 Å². The molecule has 1 N–H and O–H groups in total. The van der Waals surface area contributed by atoms with Gasteiger partial charge in [-0.05, 0) is 12.1 Å². The Kier molecular flexibility index (Phi) is 4.44. The van der Waals surface area contributed by atoms with Crippen molar-refractivity contribution < 1.29 is 18.3 Å². The summed E-state index contributed by atoms with van der Waals surface area (Å²) in [6.07, 6.45) is 1.51. The molecule has 86 valence electrons. The first kappa shape index (κ1) is 12.2. The highest BCUT2D eigenvalue weighted by Gasteiger charge is 2.07. The highest BCUT2D eigenvalue weighted by Crippen LogP contribution is 2.17. The molecule has 0 unspecified atom stereocenters. The minimum atomic E-state index is -0.837. The second-order valence-corrected chi connectivity index (χ2v) is 2.96. The summed E-state index contributed by atoms with van der Waals surface area (Å²) in [5.74, 6) is -2.09. The van der Waals surface area contributed by atoms with Gasteiger partial charge in [0.05, 0.1) is 0 Å². The first-order chi connectivity index (χ1) is 7.63. The molecule has 0 fully saturated rings. The van der Waals surface area contributed by atoms with Gasteiger partial charge in [0.15, 0.2) is 18.2 Å². The van der Waals surface area contributed by atoms with Crippen LogP contribution in [0.5, 0.6) is 5.75 Å². The minimum absolute atomic E-state index is 0.157. The molecule has 16 heavy (non-hydrogen) atoms. The zero-order valence-electron chi connectivity index (χ0n) is 8.50. The lowest BCUT2D eigenvalue weighted by atomic mass is 10.3. The van der Waals surface area contributed by atoms with Gasteiger partial charge in [0.25, 0.3) is 5.91 Å². The van der Waals surface area contributed by atoms with Crippen LogP contribution in [0.25, 0.3) is 0 Å². The smallest absolute Gasteiger partial charge is 0.258 e. The average Bonchev–Trinajstić information content (AvgIpc) is 2.25. The van der Waals surface area contributed by atoms with E-state index in [2.05, 4.69) is 11.9 Å². The third-order valence-electron chi connectivity index (χ3n) is 1.70. The third kappa shape index (κ3) is 3.68. The summed E-state index contributed by atoms with van der Waals surface area (Å²) < 4.78 is 30.4. The van der Waals surface area contributed by atoms with Crippen LogP contribution < -0.4 is 10.1 Å². The molecule has 0 spiro atoms. The molecular formula is C11H11F2NO2. The Morgan fingerprint density at radius 1 is 1.50 bits per heavy atom. The molecule has 0 bridgehead atoms. The monoisotopic (exact) mass is 227 g/mol. The number of carbonyl (C=O) groups excluding carboxylic acids is 1. The summed E-state index contributed by atoms with van der Waals surface area (Å²) in [5, 5.41) is 2.45. The molecule has 0 atom stereocenters. The van der Waals surface area contributed by atoms with E-state index < -0.39 is 17.5 Å². The highest BCUT2D eigenvalue weighted by molar-refractivity contribution is 5.77. The van der Waals surface area contributed by atoms with E-state index >= 15 is 0 Å². The average molecular weight is 227 g/mol. The number of nitrogens with one attached hydrogen (secondary N) is 1. The number of hydrogen-bond donors (Lipinski definition) is 1.